The van der Waals surface area contributed by atoms with Crippen LogP contribution in [0.1, 0.15) is 148 Å². The molecule has 0 N–H and O–H groups in total. The molecule has 0 bridgehead atoms. The first-order chi connectivity index (χ1) is 49.6. The minimum atomic E-state index is -4.91. The predicted molar refractivity (Wildman–Crippen MR) is 375 cm³/mol. The van der Waals surface area contributed by atoms with Crippen LogP contribution < -0.4 is 18.9 Å². The smallest absolute Gasteiger partial charge is 0.456 e. The molecule has 0 saturated carbocycles. The van der Waals surface area contributed by atoms with Crippen molar-refractivity contribution in [3.8, 4) is 40.2 Å². The number of pyridine rings is 1. The molecule has 3 aromatic carbocycles. The van der Waals surface area contributed by atoms with Gasteiger partial charge in [0, 0.05) is 107 Å². The largest absolute Gasteiger partial charge is 0.497 e. The van der Waals surface area contributed by atoms with Gasteiger partial charge in [-0.05, 0) is 202 Å². The van der Waals surface area contributed by atoms with E-state index in [2.05, 4.69) is 20.9 Å². The molecule has 0 aliphatic carbocycles. The van der Waals surface area contributed by atoms with E-state index in [0.29, 0.717) is 187 Å². The average Bonchev–Trinajstić information content (AvgIpc) is 1.50. The number of hydrogen-bond donors (Lipinski definition) is 0. The molecule has 21 nitrogen and oxygen atoms in total. The van der Waals surface area contributed by atoms with Crippen LogP contribution >= 0.6 is 0 Å². The third kappa shape index (κ3) is 14.6. The lowest BCUT2D eigenvalue weighted by Crippen LogP contribution is -2.60. The molecule has 0 radical (unpaired) electrons. The first-order valence-electron chi connectivity index (χ1n) is 35.2. The number of aromatic nitrogens is 4. The monoisotopic (exact) mass is 1440 g/mol. The summed E-state index contributed by atoms with van der Waals surface area (Å²) in [6.45, 7) is 17.6. The highest BCUT2D eigenvalue weighted by Crippen LogP contribution is 2.47. The summed E-state index contributed by atoms with van der Waals surface area (Å²) in [5.41, 5.74) is 5.59. The number of Topliss-reactive ketones (excluding diaryl/α,β-unsaturated/α-hetero) is 1. The number of carbonyl (C=O) groups excluding carboxylic acids is 5. The van der Waals surface area contributed by atoms with Crippen molar-refractivity contribution >= 4 is 29.6 Å². The number of halogens is 6. The number of likely N-dealkylation sites (tertiary alicyclic amines) is 3. The van der Waals surface area contributed by atoms with Crippen LogP contribution in [-0.4, -0.2) is 190 Å². The van der Waals surface area contributed by atoms with E-state index in [0.717, 1.165) is 28.1 Å². The second-order valence-corrected chi connectivity index (χ2v) is 27.4. The molecule has 104 heavy (non-hydrogen) atoms. The fourth-order valence-electron chi connectivity index (χ4n) is 16.0. The zero-order chi connectivity index (χ0) is 74.8. The van der Waals surface area contributed by atoms with Crippen LogP contribution in [0.2, 0.25) is 0 Å². The number of piperidine rings is 3. The summed E-state index contributed by atoms with van der Waals surface area (Å²) >= 11 is 0. The summed E-state index contributed by atoms with van der Waals surface area (Å²) in [7, 11) is 7.09. The average molecular weight is 1440 g/mol. The molecule has 4 aromatic heterocycles. The molecule has 6 aliphatic heterocycles. The van der Waals surface area contributed by atoms with Crippen molar-refractivity contribution in [2.45, 2.75) is 135 Å². The second kappa shape index (κ2) is 30.5. The third-order valence-electron chi connectivity index (χ3n) is 21.4. The van der Waals surface area contributed by atoms with Crippen molar-refractivity contribution in [2.24, 2.45) is 0 Å². The van der Waals surface area contributed by atoms with E-state index in [1.807, 2.05) is 107 Å². The Hall–Kier alpha value is -9.81. The Morgan fingerprint density at radius 2 is 1.09 bits per heavy atom. The molecular formula is C77H89F6N11O10. The number of carbonyl (C=O) groups is 5. The van der Waals surface area contributed by atoms with Gasteiger partial charge in [-0.3, -0.25) is 33.9 Å². The fourth-order valence-corrected chi connectivity index (χ4v) is 16.0. The Morgan fingerprint density at radius 1 is 0.558 bits per heavy atom. The zero-order valence-corrected chi connectivity index (χ0v) is 60.4. The van der Waals surface area contributed by atoms with Gasteiger partial charge >= 0.3 is 18.4 Å². The van der Waals surface area contributed by atoms with Crippen molar-refractivity contribution in [3.63, 3.8) is 0 Å². The highest BCUT2D eigenvalue weighted by molar-refractivity contribution is 5.99. The molecule has 0 unspecified atom stereocenters. The zero-order valence-electron chi connectivity index (χ0n) is 60.4. The van der Waals surface area contributed by atoms with Gasteiger partial charge < -0.3 is 52.1 Å². The van der Waals surface area contributed by atoms with Gasteiger partial charge in [0.25, 0.3) is 23.5 Å². The van der Waals surface area contributed by atoms with Crippen LogP contribution in [0.15, 0.2) is 109 Å². The second-order valence-electron chi connectivity index (χ2n) is 27.4. The van der Waals surface area contributed by atoms with E-state index in [1.54, 1.807) is 84.4 Å². The van der Waals surface area contributed by atoms with Crippen molar-refractivity contribution in [1.29, 1.82) is 5.26 Å². The molecule has 0 atom stereocenters. The van der Waals surface area contributed by atoms with Crippen molar-refractivity contribution < 1.29 is 74.0 Å². The number of hydrogen-bond acceptors (Lipinski definition) is 14. The van der Waals surface area contributed by atoms with Crippen LogP contribution in [0.5, 0.6) is 23.0 Å². The number of aryl methyl sites for hydroxylation is 2. The normalized spacial score (nSPS) is 17.5. The van der Waals surface area contributed by atoms with Crippen LogP contribution in [0.3, 0.4) is 0 Å². The van der Waals surface area contributed by atoms with Crippen LogP contribution in [0.4, 0.5) is 31.1 Å². The molecule has 4 amide bonds. The van der Waals surface area contributed by atoms with E-state index < -0.39 is 40.4 Å². The predicted octanol–water partition coefficient (Wildman–Crippen LogP) is 12.7. The fraction of sp³-hybridized carbons (Fsp3) is 0.468. The first-order valence-corrected chi connectivity index (χ1v) is 35.2. The van der Waals surface area contributed by atoms with E-state index in [4.69, 9.17) is 23.7 Å². The summed E-state index contributed by atoms with van der Waals surface area (Å²) in [6.07, 6.45) is -6.22. The molecule has 7 aromatic rings. The molecule has 13 rings (SSSR count). The minimum Gasteiger partial charge on any atom is -0.497 e. The molecule has 27 heteroatoms. The topological polar surface area (TPSA) is 202 Å². The lowest BCUT2D eigenvalue weighted by Gasteiger charge is -2.51. The van der Waals surface area contributed by atoms with Gasteiger partial charge in [-0.1, -0.05) is 18.2 Å². The number of nitriles is 1. The first kappa shape index (κ1) is 75.4. The van der Waals surface area contributed by atoms with Gasteiger partial charge in [0.1, 0.15) is 34.7 Å². The number of fused-ring (bicyclic) bond motifs is 6. The van der Waals surface area contributed by atoms with Gasteiger partial charge in [-0.2, -0.15) is 31.6 Å². The Kier molecular flexibility index (Phi) is 22.1. The third-order valence-corrected chi connectivity index (χ3v) is 21.4. The molecule has 3 saturated heterocycles. The number of likely N-dealkylation sites (N-methyl/N-ethyl adjacent to an activating group) is 2. The van der Waals surface area contributed by atoms with Gasteiger partial charge in [0.2, 0.25) is 0 Å². The summed E-state index contributed by atoms with van der Waals surface area (Å²) in [5, 5.41) is 9.51. The molecule has 10 heterocycles. The highest BCUT2D eigenvalue weighted by atomic mass is 19.4. The number of nitrogens with zero attached hydrogens (tertiary/aromatic N) is 11. The van der Waals surface area contributed by atoms with E-state index in [9.17, 15) is 55.6 Å². The van der Waals surface area contributed by atoms with Gasteiger partial charge in [-0.25, -0.2) is 9.78 Å². The minimum absolute atomic E-state index is 0.0265. The maximum Gasteiger partial charge on any atom is 0.456 e. The van der Waals surface area contributed by atoms with Crippen molar-refractivity contribution in [3.05, 3.63) is 171 Å². The van der Waals surface area contributed by atoms with Crippen molar-refractivity contribution in [1.82, 2.24) is 48.1 Å². The molecule has 554 valence electrons. The number of ketones is 1. The lowest BCUT2D eigenvalue weighted by atomic mass is 9.81. The highest BCUT2D eigenvalue weighted by Gasteiger charge is 2.52. The number of rotatable bonds is 12. The maximum atomic E-state index is 13.5. The lowest BCUT2D eigenvalue weighted by molar-refractivity contribution is -0.144. The van der Waals surface area contributed by atoms with E-state index >= 15 is 0 Å². The number of alkyl halides is 6. The van der Waals surface area contributed by atoms with E-state index in [-0.39, 0.29) is 35.6 Å². The Labute approximate surface area is 601 Å². The maximum absolute atomic E-state index is 13.5. The van der Waals surface area contributed by atoms with Gasteiger partial charge in [0.15, 0.2) is 11.5 Å². The van der Waals surface area contributed by atoms with E-state index in [1.165, 1.54) is 21.3 Å². The summed E-state index contributed by atoms with van der Waals surface area (Å²) in [4.78, 5) is 80.6. The SMILES string of the molecule is CCOC(=O)N1CCn2c(C#N)ccc2C12CCN(C(=O)c1ccc(OC(C)C)c(C)n1)CC2.CCOc1cc(C(=O)N2CCC3(CC2)c2ccc(C(F)(F)F)n2CCN3C)ccc1OC.COc1ccc(-c2ccc(C(=O)N3CCC4(CC3)c3ccc(C(=O)C(F)(F)F)n3CCN4C)cc2C)cc1. The molecule has 6 aliphatic rings. The van der Waals surface area contributed by atoms with Crippen molar-refractivity contribution in [2.75, 3.05) is 100 Å². The summed E-state index contributed by atoms with van der Waals surface area (Å²) in [6, 6.07) is 33.8. The quantitative estimate of drug-likeness (QED) is 0.0825. The number of methoxy groups -OCH3 is 2. The number of amides is 4. The van der Waals surface area contributed by atoms with Crippen LogP contribution in [0, 0.1) is 25.2 Å². The van der Waals surface area contributed by atoms with Gasteiger partial charge in [0.05, 0.1) is 61.5 Å². The number of ether oxygens (including phenoxy) is 5. The Balaban J connectivity index is 0.000000157. The Morgan fingerprint density at radius 3 is 1.62 bits per heavy atom. The van der Waals surface area contributed by atoms with Crippen LogP contribution in [-0.2, 0) is 47.2 Å². The van der Waals surface area contributed by atoms with Crippen LogP contribution in [0.25, 0.3) is 11.1 Å². The molecule has 3 spiro atoms. The standard InChI is InChI=1S/C29H30F3N3O3.C25H31N5O4.C23H28F3N3O3/c1-19-18-21(6-9-23(19)20-4-7-22(38-3)8-5-20)27(37)34-14-12-28(13-15-34)25-11-10-24(26(36)29(30,31)32)35(25)17-16-33(28)2;1-5-33-24(32)30-15-14-29-19(16-26)6-9-22(29)25(30)10-12-28(13-11-25)23(31)20-7-8-21(18(4)27-20)34-17(2)3;1-4-32-18-15-16(5-6-17(18)31-3)21(30)28-11-9-22(10-12-28)19-7-8-20(23(24,25)26)29(19)14-13-27(22)2/h4-11,18H,12-17H2,1-3H3;6-9,17H,5,10-15H2,1-4H3;5-8,15H,4,9-14H2,1-3H3. The molecule has 3 fully saturated rings. The molecular weight excluding hydrogens is 1350 g/mol. The number of benzene rings is 3. The van der Waals surface area contributed by atoms with Gasteiger partial charge in [-0.15, -0.1) is 0 Å². The Bertz CT molecular complexity index is 4360. The summed E-state index contributed by atoms with van der Waals surface area (Å²) in [5.74, 6) is 0.389. The summed E-state index contributed by atoms with van der Waals surface area (Å²) < 4.78 is 112.